The van der Waals surface area contributed by atoms with Gasteiger partial charge in [0.1, 0.15) is 17.0 Å². The molecule has 6 nitrogen and oxygen atoms in total. The minimum atomic E-state index is 0.0640. The second kappa shape index (κ2) is 9.80. The Balaban J connectivity index is 1.12. The molecular weight excluding hydrogens is 462 g/mol. The van der Waals surface area contributed by atoms with E-state index in [-0.39, 0.29) is 11.8 Å². The molecule has 1 aromatic carbocycles. The van der Waals surface area contributed by atoms with Crippen LogP contribution in [0, 0.1) is 26.7 Å². The minimum absolute atomic E-state index is 0.0640. The number of aryl methyl sites for hydroxylation is 3. The maximum Gasteiger partial charge on any atom is 0.223 e. The predicted octanol–water partition coefficient (Wildman–Crippen LogP) is 5.32. The summed E-state index contributed by atoms with van der Waals surface area (Å²) < 4.78 is 0. The second-order valence-electron chi connectivity index (χ2n) is 8.91. The molecule has 0 radical (unpaired) electrons. The summed E-state index contributed by atoms with van der Waals surface area (Å²) in [6.07, 6.45) is 4.19. The van der Waals surface area contributed by atoms with Gasteiger partial charge < -0.3 is 10.2 Å². The highest BCUT2D eigenvalue weighted by Gasteiger charge is 2.27. The molecule has 0 bridgehead atoms. The van der Waals surface area contributed by atoms with Crippen LogP contribution >= 0.6 is 22.7 Å². The van der Waals surface area contributed by atoms with E-state index in [4.69, 9.17) is 0 Å². The molecule has 3 aromatic heterocycles. The van der Waals surface area contributed by atoms with Gasteiger partial charge in [-0.05, 0) is 51.2 Å². The van der Waals surface area contributed by atoms with E-state index < -0.39 is 0 Å². The molecule has 0 unspecified atom stereocenters. The van der Waals surface area contributed by atoms with Crippen molar-refractivity contribution < 1.29 is 4.79 Å². The van der Waals surface area contributed by atoms with Crippen LogP contribution in [0.4, 0.5) is 5.82 Å². The van der Waals surface area contributed by atoms with Crippen LogP contribution in [0.5, 0.6) is 0 Å². The first-order valence-electron chi connectivity index (χ1n) is 11.7. The third kappa shape index (κ3) is 4.70. The number of amides is 1. The number of anilines is 1. The smallest absolute Gasteiger partial charge is 0.223 e. The Hall–Kier alpha value is -2.84. The highest BCUT2D eigenvalue weighted by molar-refractivity contribution is 7.18. The van der Waals surface area contributed by atoms with E-state index in [0.717, 1.165) is 59.3 Å². The molecule has 5 rings (SSSR count). The van der Waals surface area contributed by atoms with Gasteiger partial charge in [0.2, 0.25) is 5.91 Å². The van der Waals surface area contributed by atoms with E-state index in [1.54, 1.807) is 29.0 Å². The van der Waals surface area contributed by atoms with Crippen molar-refractivity contribution in [3.8, 4) is 11.3 Å². The number of piperidine rings is 1. The Bertz CT molecular complexity index is 1300. The third-order valence-electron chi connectivity index (χ3n) is 6.69. The summed E-state index contributed by atoms with van der Waals surface area (Å²) in [7, 11) is 0. The van der Waals surface area contributed by atoms with Crippen molar-refractivity contribution in [1.29, 1.82) is 0 Å². The molecule has 0 spiro atoms. The van der Waals surface area contributed by atoms with Crippen LogP contribution in [0.25, 0.3) is 21.5 Å². The molecule has 1 fully saturated rings. The summed E-state index contributed by atoms with van der Waals surface area (Å²) >= 11 is 3.39. The third-order valence-corrected chi connectivity index (χ3v) is 8.58. The van der Waals surface area contributed by atoms with Gasteiger partial charge in [0, 0.05) is 41.4 Å². The van der Waals surface area contributed by atoms with Crippen molar-refractivity contribution in [2.45, 2.75) is 40.0 Å². The highest BCUT2D eigenvalue weighted by atomic mass is 32.1. The number of hydrogen-bond acceptors (Lipinski definition) is 7. The molecule has 8 heteroatoms. The highest BCUT2D eigenvalue weighted by Crippen LogP contribution is 2.35. The number of nitrogens with one attached hydrogen (secondary N) is 1. The van der Waals surface area contributed by atoms with Crippen molar-refractivity contribution >= 4 is 44.6 Å². The summed E-state index contributed by atoms with van der Waals surface area (Å²) in [5.74, 6) is 1.25. The van der Waals surface area contributed by atoms with Crippen LogP contribution in [-0.2, 0) is 11.2 Å². The van der Waals surface area contributed by atoms with Gasteiger partial charge in [-0.15, -0.1) is 22.7 Å². The fourth-order valence-corrected chi connectivity index (χ4v) is 6.18. The van der Waals surface area contributed by atoms with Crippen LogP contribution in [0.1, 0.15) is 33.9 Å². The average molecular weight is 492 g/mol. The van der Waals surface area contributed by atoms with E-state index in [2.05, 4.69) is 68.7 Å². The van der Waals surface area contributed by atoms with E-state index >= 15 is 0 Å². The Kier molecular flexibility index (Phi) is 6.61. The molecule has 1 N–H and O–H groups in total. The lowest BCUT2D eigenvalue weighted by atomic mass is 9.95. The largest absolute Gasteiger partial charge is 0.356 e. The average Bonchev–Trinajstić information content (AvgIpc) is 3.42. The molecule has 176 valence electrons. The Morgan fingerprint density at radius 1 is 1.12 bits per heavy atom. The van der Waals surface area contributed by atoms with E-state index in [0.29, 0.717) is 6.54 Å². The Morgan fingerprint density at radius 3 is 2.59 bits per heavy atom. The summed E-state index contributed by atoms with van der Waals surface area (Å²) in [6.45, 7) is 8.66. The molecular formula is C26H29N5OS2. The normalized spacial score (nSPS) is 14.6. The zero-order chi connectivity index (χ0) is 23.7. The summed E-state index contributed by atoms with van der Waals surface area (Å²) in [5, 5.41) is 7.49. The first-order chi connectivity index (χ1) is 16.5. The number of nitrogens with zero attached hydrogens (tertiary/aromatic N) is 4. The molecule has 0 aliphatic carbocycles. The summed E-state index contributed by atoms with van der Waals surface area (Å²) in [5.41, 5.74) is 4.66. The lowest BCUT2D eigenvalue weighted by Gasteiger charge is -2.32. The Labute approximate surface area is 208 Å². The molecule has 4 heterocycles. The van der Waals surface area contributed by atoms with Crippen LogP contribution in [0.3, 0.4) is 0 Å². The van der Waals surface area contributed by atoms with Gasteiger partial charge in [-0.1, -0.05) is 24.3 Å². The molecule has 0 atom stereocenters. The fraction of sp³-hybridized carbons (Fsp3) is 0.385. The lowest BCUT2D eigenvalue weighted by Crippen LogP contribution is -2.41. The number of carbonyl (C=O) groups excluding carboxylic acids is 1. The van der Waals surface area contributed by atoms with Crippen molar-refractivity contribution in [2.75, 3.05) is 24.5 Å². The molecule has 1 amide bonds. The molecule has 1 saturated heterocycles. The van der Waals surface area contributed by atoms with Crippen molar-refractivity contribution in [1.82, 2.24) is 20.3 Å². The fourth-order valence-electron chi connectivity index (χ4n) is 4.57. The van der Waals surface area contributed by atoms with E-state index in [1.807, 2.05) is 6.92 Å². The predicted molar refractivity (Wildman–Crippen MR) is 141 cm³/mol. The maximum absolute atomic E-state index is 12.8. The summed E-state index contributed by atoms with van der Waals surface area (Å²) in [4.78, 5) is 31.0. The van der Waals surface area contributed by atoms with Gasteiger partial charge in [0.05, 0.1) is 16.1 Å². The van der Waals surface area contributed by atoms with Gasteiger partial charge >= 0.3 is 0 Å². The van der Waals surface area contributed by atoms with Gasteiger partial charge in [-0.25, -0.2) is 15.0 Å². The number of fused-ring (bicyclic) bond motifs is 1. The lowest BCUT2D eigenvalue weighted by molar-refractivity contribution is -0.125. The number of thiophene rings is 1. The number of carbonyl (C=O) groups is 1. The monoisotopic (exact) mass is 491 g/mol. The van der Waals surface area contributed by atoms with Crippen LogP contribution in [0.2, 0.25) is 0 Å². The molecule has 34 heavy (non-hydrogen) atoms. The minimum Gasteiger partial charge on any atom is -0.356 e. The Morgan fingerprint density at radius 2 is 1.88 bits per heavy atom. The first kappa shape index (κ1) is 22.9. The molecule has 0 saturated carbocycles. The van der Waals surface area contributed by atoms with Gasteiger partial charge in [-0.3, -0.25) is 4.79 Å². The van der Waals surface area contributed by atoms with Crippen molar-refractivity contribution in [3.63, 3.8) is 0 Å². The molecule has 4 aromatic rings. The zero-order valence-corrected chi connectivity index (χ0v) is 21.4. The van der Waals surface area contributed by atoms with Gasteiger partial charge in [-0.2, -0.15) is 0 Å². The maximum atomic E-state index is 12.8. The topological polar surface area (TPSA) is 71.0 Å². The molecule has 1 aliphatic heterocycles. The zero-order valence-electron chi connectivity index (χ0n) is 19.8. The standard InChI is InChI=1S/C26H29N5OS2/c1-16-17(2)34-26-23(16)24(28-15-29-26)31-12-9-21(10-13-31)25(32)27-11-8-19-4-6-20(7-5-19)22-14-33-18(3)30-22/h4-7,14-15,21H,8-13H2,1-3H3,(H,27,32). The van der Waals surface area contributed by atoms with Crippen LogP contribution in [-0.4, -0.2) is 40.5 Å². The van der Waals surface area contributed by atoms with Gasteiger partial charge in [0.25, 0.3) is 0 Å². The number of benzene rings is 1. The summed E-state index contributed by atoms with van der Waals surface area (Å²) in [6, 6.07) is 8.49. The number of thiazole rings is 1. The van der Waals surface area contributed by atoms with Crippen LogP contribution in [0.15, 0.2) is 36.0 Å². The quantitative estimate of drug-likeness (QED) is 0.395. The SMILES string of the molecule is Cc1nc(-c2ccc(CCNC(=O)C3CCN(c4ncnc5sc(C)c(C)c45)CC3)cc2)cs1. The van der Waals surface area contributed by atoms with Crippen molar-refractivity contribution in [2.24, 2.45) is 5.92 Å². The van der Waals surface area contributed by atoms with E-state index in [9.17, 15) is 4.79 Å². The first-order valence-corrected chi connectivity index (χ1v) is 13.4. The number of hydrogen-bond donors (Lipinski definition) is 1. The number of rotatable bonds is 6. The van der Waals surface area contributed by atoms with Crippen LogP contribution < -0.4 is 10.2 Å². The second-order valence-corrected chi connectivity index (χ2v) is 11.2. The van der Waals surface area contributed by atoms with Gasteiger partial charge in [0.15, 0.2) is 0 Å². The van der Waals surface area contributed by atoms with Crippen molar-refractivity contribution in [3.05, 3.63) is 57.0 Å². The molecule has 1 aliphatic rings. The van der Waals surface area contributed by atoms with E-state index in [1.165, 1.54) is 21.4 Å². The number of aromatic nitrogens is 3.